The molecular weight excluding hydrogens is 485 g/mol. The van der Waals surface area contributed by atoms with Gasteiger partial charge in [0.15, 0.2) is 11.5 Å². The molecule has 1 fully saturated rings. The van der Waals surface area contributed by atoms with Gasteiger partial charge in [0.1, 0.15) is 11.4 Å². The molecule has 4 aromatic rings. The molecule has 190 valence electrons. The second kappa shape index (κ2) is 10.0. The summed E-state index contributed by atoms with van der Waals surface area (Å²) in [5, 5.41) is 0. The quantitative estimate of drug-likeness (QED) is 0.283. The van der Waals surface area contributed by atoms with Gasteiger partial charge in [-0.1, -0.05) is 30.3 Å². The average molecular weight is 508 g/mol. The smallest absolute Gasteiger partial charge is 0.493 e. The van der Waals surface area contributed by atoms with Gasteiger partial charge in [-0.25, -0.2) is 4.98 Å². The van der Waals surface area contributed by atoms with Crippen LogP contribution in [0.2, 0.25) is 0 Å². The van der Waals surface area contributed by atoms with Gasteiger partial charge >= 0.3 is 6.36 Å². The third kappa shape index (κ3) is 5.61. The molecule has 6 nitrogen and oxygen atoms in total. The van der Waals surface area contributed by atoms with Crippen LogP contribution in [0.3, 0.4) is 0 Å². The zero-order valence-electron chi connectivity index (χ0n) is 19.9. The Balaban J connectivity index is 1.58. The first-order valence-electron chi connectivity index (χ1n) is 11.7. The summed E-state index contributed by atoms with van der Waals surface area (Å²) < 4.78 is 54.7. The highest BCUT2D eigenvalue weighted by molar-refractivity contribution is 5.81. The number of para-hydroxylation sites is 1. The maximum Gasteiger partial charge on any atom is 0.573 e. The molecule has 0 N–H and O–H groups in total. The molecule has 1 aliphatic carbocycles. The zero-order chi connectivity index (χ0) is 26.0. The van der Waals surface area contributed by atoms with Crippen LogP contribution in [0.1, 0.15) is 24.1 Å². The minimum absolute atomic E-state index is 0.238. The molecule has 0 spiro atoms. The van der Waals surface area contributed by atoms with Crippen molar-refractivity contribution in [1.82, 2.24) is 9.38 Å². The molecule has 2 aromatic carbocycles. The van der Waals surface area contributed by atoms with E-state index in [0.29, 0.717) is 40.9 Å². The lowest BCUT2D eigenvalue weighted by Crippen LogP contribution is -2.19. The summed E-state index contributed by atoms with van der Waals surface area (Å²) in [4.78, 5) is 18.1. The van der Waals surface area contributed by atoms with Gasteiger partial charge in [-0.3, -0.25) is 9.20 Å². The number of ether oxygens (including phenoxy) is 3. The maximum atomic E-state index is 13.5. The van der Waals surface area contributed by atoms with Crippen molar-refractivity contribution in [2.24, 2.45) is 5.92 Å². The normalized spacial score (nSPS) is 13.7. The molecule has 2 heterocycles. The fourth-order valence-electron chi connectivity index (χ4n) is 3.96. The molecule has 2 aromatic heterocycles. The van der Waals surface area contributed by atoms with Crippen LogP contribution in [0.15, 0.2) is 71.7 Å². The number of hydrogen-bond acceptors (Lipinski definition) is 5. The summed E-state index contributed by atoms with van der Waals surface area (Å²) in [5.74, 6) is 1.35. The number of fused-ring (bicyclic) bond motifs is 1. The standard InChI is InChI=1S/C28H23F3N2O4/c1-35-23-6-4-5-20(26(23)36-17-18-8-9-18)12-15-22-25(27(34)33-16-3-2-7-24(33)32-22)19-10-13-21(14-11-19)37-28(29,30)31/h2-7,10-16,18H,8-9,17H2,1H3. The van der Waals surface area contributed by atoms with Gasteiger partial charge < -0.3 is 14.2 Å². The van der Waals surface area contributed by atoms with Gasteiger partial charge in [0.05, 0.1) is 25.0 Å². The molecule has 0 bridgehead atoms. The molecule has 1 aliphatic rings. The van der Waals surface area contributed by atoms with E-state index >= 15 is 0 Å². The number of rotatable bonds is 8. The van der Waals surface area contributed by atoms with E-state index in [-0.39, 0.29) is 16.9 Å². The van der Waals surface area contributed by atoms with Gasteiger partial charge in [-0.2, -0.15) is 0 Å². The van der Waals surface area contributed by atoms with Crippen LogP contribution in [0, 0.1) is 5.92 Å². The monoisotopic (exact) mass is 508 g/mol. The highest BCUT2D eigenvalue weighted by Gasteiger charge is 2.31. The predicted octanol–water partition coefficient (Wildman–Crippen LogP) is 6.23. The average Bonchev–Trinajstić information content (AvgIpc) is 3.71. The molecule has 37 heavy (non-hydrogen) atoms. The van der Waals surface area contributed by atoms with Crippen molar-refractivity contribution in [3.05, 3.63) is 88.5 Å². The first kappa shape index (κ1) is 24.4. The Bertz CT molecular complexity index is 1510. The SMILES string of the molecule is COc1cccc(C=Cc2nc3ccccn3c(=O)c2-c2ccc(OC(F)(F)F)cc2)c1OCC1CC1. The second-order valence-corrected chi connectivity index (χ2v) is 8.64. The lowest BCUT2D eigenvalue weighted by Gasteiger charge is -2.13. The Morgan fingerprint density at radius 3 is 2.51 bits per heavy atom. The minimum atomic E-state index is -4.81. The predicted molar refractivity (Wildman–Crippen MR) is 134 cm³/mol. The van der Waals surface area contributed by atoms with Gasteiger partial charge in [-0.05, 0) is 66.8 Å². The van der Waals surface area contributed by atoms with E-state index in [0.717, 1.165) is 18.4 Å². The minimum Gasteiger partial charge on any atom is -0.493 e. The van der Waals surface area contributed by atoms with Crippen LogP contribution in [-0.2, 0) is 0 Å². The van der Waals surface area contributed by atoms with E-state index in [1.54, 1.807) is 43.7 Å². The van der Waals surface area contributed by atoms with Crippen molar-refractivity contribution < 1.29 is 27.4 Å². The van der Waals surface area contributed by atoms with Gasteiger partial charge in [0, 0.05) is 11.8 Å². The van der Waals surface area contributed by atoms with Crippen LogP contribution >= 0.6 is 0 Å². The summed E-state index contributed by atoms with van der Waals surface area (Å²) in [7, 11) is 1.57. The Kier molecular flexibility index (Phi) is 6.60. The van der Waals surface area contributed by atoms with Crippen molar-refractivity contribution >= 4 is 17.8 Å². The molecule has 5 rings (SSSR count). The van der Waals surface area contributed by atoms with Crippen molar-refractivity contribution in [3.8, 4) is 28.4 Å². The Hall–Kier alpha value is -4.27. The Labute approximate surface area is 210 Å². The van der Waals surface area contributed by atoms with E-state index in [1.807, 2.05) is 18.2 Å². The fourth-order valence-corrected chi connectivity index (χ4v) is 3.96. The summed E-state index contributed by atoms with van der Waals surface area (Å²) in [6.07, 6.45) is 2.55. The molecular formula is C28H23F3N2O4. The molecule has 0 radical (unpaired) electrons. The lowest BCUT2D eigenvalue weighted by atomic mass is 10.0. The van der Waals surface area contributed by atoms with Crippen LogP contribution in [0.25, 0.3) is 28.9 Å². The van der Waals surface area contributed by atoms with Gasteiger partial charge in [0.25, 0.3) is 5.56 Å². The van der Waals surface area contributed by atoms with Gasteiger partial charge in [-0.15, -0.1) is 13.2 Å². The van der Waals surface area contributed by atoms with E-state index in [2.05, 4.69) is 9.72 Å². The van der Waals surface area contributed by atoms with Crippen LogP contribution in [0.4, 0.5) is 13.2 Å². The number of hydrogen-bond donors (Lipinski definition) is 0. The number of aromatic nitrogens is 2. The van der Waals surface area contributed by atoms with Crippen LogP contribution in [0.5, 0.6) is 17.2 Å². The zero-order valence-corrected chi connectivity index (χ0v) is 19.9. The molecule has 9 heteroatoms. The summed E-state index contributed by atoms with van der Waals surface area (Å²) in [6, 6.07) is 15.9. The number of alkyl halides is 3. The third-order valence-electron chi connectivity index (χ3n) is 5.95. The highest BCUT2D eigenvalue weighted by atomic mass is 19.4. The van der Waals surface area contributed by atoms with E-state index in [9.17, 15) is 18.0 Å². The van der Waals surface area contributed by atoms with Crippen molar-refractivity contribution in [2.45, 2.75) is 19.2 Å². The lowest BCUT2D eigenvalue weighted by molar-refractivity contribution is -0.274. The van der Waals surface area contributed by atoms with Crippen LogP contribution in [-0.4, -0.2) is 29.5 Å². The molecule has 0 atom stereocenters. The van der Waals surface area contributed by atoms with Crippen molar-refractivity contribution in [2.75, 3.05) is 13.7 Å². The molecule has 0 amide bonds. The summed E-state index contributed by atoms with van der Waals surface area (Å²) in [6.45, 7) is 0.592. The molecule has 1 saturated carbocycles. The number of pyridine rings is 1. The van der Waals surface area contributed by atoms with Crippen molar-refractivity contribution in [1.29, 1.82) is 0 Å². The number of methoxy groups -OCH3 is 1. The van der Waals surface area contributed by atoms with E-state index in [1.165, 1.54) is 28.7 Å². The van der Waals surface area contributed by atoms with E-state index < -0.39 is 6.36 Å². The second-order valence-electron chi connectivity index (χ2n) is 8.64. The van der Waals surface area contributed by atoms with Crippen molar-refractivity contribution in [3.63, 3.8) is 0 Å². The highest BCUT2D eigenvalue weighted by Crippen LogP contribution is 2.36. The molecule has 0 aliphatic heterocycles. The third-order valence-corrected chi connectivity index (χ3v) is 5.95. The van der Waals surface area contributed by atoms with Crippen LogP contribution < -0.4 is 19.8 Å². The fraction of sp³-hybridized carbons (Fsp3) is 0.214. The summed E-state index contributed by atoms with van der Waals surface area (Å²) >= 11 is 0. The number of benzene rings is 2. The summed E-state index contributed by atoms with van der Waals surface area (Å²) in [5.41, 5.74) is 1.82. The number of nitrogens with zero attached hydrogens (tertiary/aromatic N) is 2. The van der Waals surface area contributed by atoms with E-state index in [4.69, 9.17) is 9.47 Å². The topological polar surface area (TPSA) is 62.1 Å². The number of halogens is 3. The van der Waals surface area contributed by atoms with Gasteiger partial charge in [0.2, 0.25) is 0 Å². The molecule has 0 saturated heterocycles. The first-order chi connectivity index (χ1) is 17.8. The Morgan fingerprint density at radius 2 is 1.81 bits per heavy atom. The Morgan fingerprint density at radius 1 is 1.03 bits per heavy atom. The molecule has 0 unspecified atom stereocenters. The maximum absolute atomic E-state index is 13.5. The largest absolute Gasteiger partial charge is 0.573 e. The first-order valence-corrected chi connectivity index (χ1v) is 11.7.